The van der Waals surface area contributed by atoms with E-state index >= 15 is 0 Å². The molecule has 1 N–H and O–H groups in total. The molecule has 1 saturated heterocycles. The average Bonchev–Trinajstić information content (AvgIpc) is 2.79. The smallest absolute Gasteiger partial charge is 0.283 e. The van der Waals surface area contributed by atoms with Crippen molar-refractivity contribution in [2.75, 3.05) is 24.7 Å². The Kier molecular flexibility index (Phi) is 7.98. The zero-order chi connectivity index (χ0) is 24.2. The molecular weight excluding hydrogens is 466 g/mol. The number of carbonyl (C=O) groups is 1. The number of sulfonamides is 1. The maximum atomic E-state index is 13.1. The molecule has 0 bridgehead atoms. The van der Waals surface area contributed by atoms with Gasteiger partial charge < -0.3 is 10.1 Å². The number of hydrogen-bond donors (Lipinski definition) is 1. The quantitative estimate of drug-likeness (QED) is 0.326. The second-order valence-corrected chi connectivity index (χ2v) is 10.7. The lowest BCUT2D eigenvalue weighted by atomic mass is 10.1. The van der Waals surface area contributed by atoms with Crippen LogP contribution in [0.25, 0.3) is 0 Å². The Morgan fingerprint density at radius 3 is 2.45 bits per heavy atom. The summed E-state index contributed by atoms with van der Waals surface area (Å²) < 4.78 is 33.4. The molecule has 0 saturated carbocycles. The zero-order valence-corrected chi connectivity index (χ0v) is 20.4. The van der Waals surface area contributed by atoms with Crippen LogP contribution in [-0.2, 0) is 10.0 Å². The fraction of sp³-hybridized carbons (Fsp3) is 0.409. The molecule has 0 aromatic heterocycles. The van der Waals surface area contributed by atoms with Gasteiger partial charge in [-0.3, -0.25) is 14.9 Å². The molecule has 0 spiro atoms. The van der Waals surface area contributed by atoms with Gasteiger partial charge in [0.25, 0.3) is 11.6 Å². The largest absolute Gasteiger partial charge is 0.489 e. The summed E-state index contributed by atoms with van der Waals surface area (Å²) in [6.45, 7) is 4.54. The number of nitro groups is 1. The number of amides is 1. The van der Waals surface area contributed by atoms with Crippen molar-refractivity contribution >= 4 is 39.1 Å². The lowest BCUT2D eigenvalue weighted by molar-refractivity contribution is -0.387. The molecule has 0 unspecified atom stereocenters. The molecule has 1 amide bonds. The lowest BCUT2D eigenvalue weighted by Gasteiger charge is -2.26. The van der Waals surface area contributed by atoms with Gasteiger partial charge in [-0.2, -0.15) is 4.31 Å². The minimum Gasteiger partial charge on any atom is -0.489 e. The van der Waals surface area contributed by atoms with Crippen LogP contribution in [0.3, 0.4) is 0 Å². The van der Waals surface area contributed by atoms with Crippen molar-refractivity contribution in [3.63, 3.8) is 0 Å². The summed E-state index contributed by atoms with van der Waals surface area (Å²) in [4.78, 5) is 24.3. The van der Waals surface area contributed by atoms with E-state index in [0.29, 0.717) is 23.7 Å². The van der Waals surface area contributed by atoms with Crippen LogP contribution < -0.4 is 10.1 Å². The zero-order valence-electron chi connectivity index (χ0n) is 18.7. The molecule has 11 heteroatoms. The number of ether oxygens (including phenoxy) is 1. The SMILES string of the molecule is CSc1ccc(C(=O)Nc2cc(S(=O)(=O)N3CCCCC3)ccc2OC(C)C)cc1[N+](=O)[O-]. The first kappa shape index (κ1) is 25.0. The molecule has 0 radical (unpaired) electrons. The second kappa shape index (κ2) is 10.5. The van der Waals surface area contributed by atoms with Gasteiger partial charge in [0.2, 0.25) is 10.0 Å². The van der Waals surface area contributed by atoms with Crippen LogP contribution in [0, 0.1) is 10.1 Å². The van der Waals surface area contributed by atoms with Gasteiger partial charge in [0.15, 0.2) is 0 Å². The van der Waals surface area contributed by atoms with Crippen molar-refractivity contribution in [2.45, 2.75) is 49.0 Å². The van der Waals surface area contributed by atoms with Crippen LogP contribution in [0.5, 0.6) is 5.75 Å². The van der Waals surface area contributed by atoms with Gasteiger partial charge in [0.1, 0.15) is 5.75 Å². The molecule has 3 rings (SSSR count). The van der Waals surface area contributed by atoms with E-state index in [1.54, 1.807) is 6.26 Å². The van der Waals surface area contributed by atoms with Crippen molar-refractivity contribution in [3.8, 4) is 5.75 Å². The number of nitrogens with zero attached hydrogens (tertiary/aromatic N) is 2. The third-order valence-electron chi connectivity index (χ3n) is 5.15. The van der Waals surface area contributed by atoms with Gasteiger partial charge in [-0.1, -0.05) is 6.42 Å². The first-order valence-electron chi connectivity index (χ1n) is 10.6. The van der Waals surface area contributed by atoms with Crippen molar-refractivity contribution in [1.29, 1.82) is 0 Å². The van der Waals surface area contributed by atoms with Gasteiger partial charge in [-0.25, -0.2) is 8.42 Å². The van der Waals surface area contributed by atoms with E-state index in [9.17, 15) is 23.3 Å². The van der Waals surface area contributed by atoms with Crippen LogP contribution in [0.4, 0.5) is 11.4 Å². The molecule has 9 nitrogen and oxygen atoms in total. The number of hydrogen-bond acceptors (Lipinski definition) is 7. The van der Waals surface area contributed by atoms with Crippen LogP contribution >= 0.6 is 11.8 Å². The first-order valence-corrected chi connectivity index (χ1v) is 13.2. The minimum atomic E-state index is -3.72. The predicted octanol–water partition coefficient (Wildman–Crippen LogP) is 4.53. The summed E-state index contributed by atoms with van der Waals surface area (Å²) >= 11 is 1.21. The Morgan fingerprint density at radius 1 is 1.15 bits per heavy atom. The summed E-state index contributed by atoms with van der Waals surface area (Å²) in [6, 6.07) is 8.58. The summed E-state index contributed by atoms with van der Waals surface area (Å²) in [5.41, 5.74) is 0.0953. The Labute approximate surface area is 197 Å². The van der Waals surface area contributed by atoms with Gasteiger partial charge in [0, 0.05) is 24.7 Å². The fourth-order valence-electron chi connectivity index (χ4n) is 3.55. The van der Waals surface area contributed by atoms with Gasteiger partial charge in [-0.05, 0) is 63.3 Å². The highest BCUT2D eigenvalue weighted by molar-refractivity contribution is 7.98. The number of nitro benzene ring substituents is 1. The van der Waals surface area contributed by atoms with E-state index < -0.39 is 20.9 Å². The summed E-state index contributed by atoms with van der Waals surface area (Å²) in [6.07, 6.45) is 4.11. The summed E-state index contributed by atoms with van der Waals surface area (Å²) in [5.74, 6) is -0.293. The Morgan fingerprint density at radius 2 is 1.85 bits per heavy atom. The molecular formula is C22H27N3O6S2. The molecule has 33 heavy (non-hydrogen) atoms. The average molecular weight is 494 g/mol. The van der Waals surface area contributed by atoms with E-state index in [0.717, 1.165) is 19.3 Å². The highest BCUT2D eigenvalue weighted by Gasteiger charge is 2.27. The van der Waals surface area contributed by atoms with Gasteiger partial charge in [-0.15, -0.1) is 11.8 Å². The number of benzene rings is 2. The van der Waals surface area contributed by atoms with Gasteiger partial charge in [0.05, 0.1) is 26.5 Å². The maximum Gasteiger partial charge on any atom is 0.283 e. The number of piperidine rings is 1. The number of nitrogens with one attached hydrogen (secondary N) is 1. The van der Waals surface area contributed by atoms with Gasteiger partial charge >= 0.3 is 0 Å². The van der Waals surface area contributed by atoms with E-state index in [1.165, 1.54) is 52.5 Å². The molecule has 0 atom stereocenters. The molecule has 1 aliphatic rings. The summed E-state index contributed by atoms with van der Waals surface area (Å²) in [7, 11) is -3.72. The van der Waals surface area contributed by atoms with Crippen molar-refractivity contribution in [3.05, 3.63) is 52.1 Å². The third kappa shape index (κ3) is 5.84. The van der Waals surface area contributed by atoms with Crippen molar-refractivity contribution < 1.29 is 22.9 Å². The standard InChI is InChI=1S/C22H27N3O6S2/c1-15(2)31-20-9-8-17(33(29,30)24-11-5-4-6-12-24)14-18(20)23-22(26)16-7-10-21(32-3)19(13-16)25(27)28/h7-10,13-15H,4-6,11-12H2,1-3H3,(H,23,26). The minimum absolute atomic E-state index is 0.0551. The normalized spacial score (nSPS) is 14.8. The van der Waals surface area contributed by atoms with E-state index in [1.807, 2.05) is 13.8 Å². The Hall–Kier alpha value is -2.63. The second-order valence-electron chi connectivity index (χ2n) is 7.89. The Bertz CT molecular complexity index is 1140. The Balaban J connectivity index is 1.96. The van der Waals surface area contributed by atoms with E-state index in [2.05, 4.69) is 5.32 Å². The molecule has 178 valence electrons. The highest BCUT2D eigenvalue weighted by Crippen LogP contribution is 2.32. The molecule has 2 aromatic carbocycles. The number of thioether (sulfide) groups is 1. The first-order chi connectivity index (χ1) is 15.6. The van der Waals surface area contributed by atoms with Crippen LogP contribution in [0.1, 0.15) is 43.5 Å². The highest BCUT2D eigenvalue weighted by atomic mass is 32.2. The molecule has 0 aliphatic carbocycles. The number of rotatable bonds is 8. The molecule has 2 aromatic rings. The van der Waals surface area contributed by atoms with E-state index in [4.69, 9.17) is 4.74 Å². The topological polar surface area (TPSA) is 119 Å². The van der Waals surface area contributed by atoms with Crippen LogP contribution in [-0.4, -0.2) is 49.0 Å². The van der Waals surface area contributed by atoms with Crippen LogP contribution in [0.15, 0.2) is 46.2 Å². The van der Waals surface area contributed by atoms with Crippen molar-refractivity contribution in [2.24, 2.45) is 0 Å². The maximum absolute atomic E-state index is 13.1. The van der Waals surface area contributed by atoms with E-state index in [-0.39, 0.29) is 27.9 Å². The van der Waals surface area contributed by atoms with Crippen LogP contribution in [0.2, 0.25) is 0 Å². The summed E-state index contributed by atoms with van der Waals surface area (Å²) in [5, 5.41) is 14.0. The van der Waals surface area contributed by atoms with Crippen molar-refractivity contribution in [1.82, 2.24) is 4.31 Å². The number of anilines is 1. The third-order valence-corrected chi connectivity index (χ3v) is 7.83. The molecule has 1 fully saturated rings. The number of carbonyl (C=O) groups excluding carboxylic acids is 1. The molecule has 1 heterocycles. The monoisotopic (exact) mass is 493 g/mol. The molecule has 1 aliphatic heterocycles. The lowest BCUT2D eigenvalue weighted by Crippen LogP contribution is -2.35. The fourth-order valence-corrected chi connectivity index (χ4v) is 5.64. The predicted molar refractivity (Wildman–Crippen MR) is 128 cm³/mol.